The monoisotopic (exact) mass is 298 g/mol. The highest BCUT2D eigenvalue weighted by atomic mass is 16.2. The Hall–Kier alpha value is -2.63. The Morgan fingerprint density at radius 3 is 2.64 bits per heavy atom. The maximum absolute atomic E-state index is 12.4. The summed E-state index contributed by atoms with van der Waals surface area (Å²) in [6.45, 7) is 0. The van der Waals surface area contributed by atoms with Crippen LogP contribution < -0.4 is 10.6 Å². The lowest BCUT2D eigenvalue weighted by molar-refractivity contribution is -0.123. The summed E-state index contributed by atoms with van der Waals surface area (Å²) in [7, 11) is 0. The van der Waals surface area contributed by atoms with Gasteiger partial charge in [-0.05, 0) is 24.5 Å². The summed E-state index contributed by atoms with van der Waals surface area (Å²) in [5, 5.41) is 12.1. The van der Waals surface area contributed by atoms with Crippen LogP contribution in [0.5, 0.6) is 0 Å². The van der Waals surface area contributed by atoms with Gasteiger partial charge in [0.05, 0.1) is 0 Å². The van der Waals surface area contributed by atoms with E-state index in [1.807, 2.05) is 30.3 Å². The van der Waals surface area contributed by atoms with Crippen molar-refractivity contribution in [1.82, 2.24) is 20.8 Å². The number of aromatic amines is 1. The van der Waals surface area contributed by atoms with Crippen molar-refractivity contribution in [2.75, 3.05) is 0 Å². The van der Waals surface area contributed by atoms with Crippen molar-refractivity contribution in [3.63, 3.8) is 0 Å². The van der Waals surface area contributed by atoms with Gasteiger partial charge in [-0.2, -0.15) is 5.10 Å². The van der Waals surface area contributed by atoms with E-state index in [0.717, 1.165) is 18.4 Å². The number of hydrogen-bond donors (Lipinski definition) is 3. The highest BCUT2D eigenvalue weighted by Gasteiger charge is 2.28. The maximum Gasteiger partial charge on any atom is 0.269 e. The van der Waals surface area contributed by atoms with Crippen LogP contribution in [0.25, 0.3) is 0 Å². The second kappa shape index (κ2) is 6.43. The first-order chi connectivity index (χ1) is 10.7. The van der Waals surface area contributed by atoms with E-state index in [-0.39, 0.29) is 17.9 Å². The fourth-order valence-corrected chi connectivity index (χ4v) is 2.21. The van der Waals surface area contributed by atoms with Crippen molar-refractivity contribution in [2.45, 2.75) is 31.3 Å². The predicted octanol–water partition coefficient (Wildman–Crippen LogP) is 1.03. The summed E-state index contributed by atoms with van der Waals surface area (Å²) in [6.07, 6.45) is 3.99. The van der Waals surface area contributed by atoms with Crippen LogP contribution in [0.2, 0.25) is 0 Å². The maximum atomic E-state index is 12.4. The molecule has 114 valence electrons. The molecule has 0 bridgehead atoms. The van der Waals surface area contributed by atoms with Crippen molar-refractivity contribution in [3.8, 4) is 0 Å². The molecule has 6 heteroatoms. The summed E-state index contributed by atoms with van der Waals surface area (Å²) >= 11 is 0. The molecule has 0 radical (unpaired) electrons. The van der Waals surface area contributed by atoms with E-state index in [1.165, 1.54) is 6.20 Å². The summed E-state index contributed by atoms with van der Waals surface area (Å²) in [6, 6.07) is 10.9. The third-order valence-electron chi connectivity index (χ3n) is 3.57. The van der Waals surface area contributed by atoms with Gasteiger partial charge in [0.15, 0.2) is 0 Å². The smallest absolute Gasteiger partial charge is 0.269 e. The van der Waals surface area contributed by atoms with E-state index >= 15 is 0 Å². The summed E-state index contributed by atoms with van der Waals surface area (Å²) in [5.41, 5.74) is 1.35. The van der Waals surface area contributed by atoms with Crippen LogP contribution in [0.15, 0.2) is 42.6 Å². The standard InChI is InChI=1S/C16H18N4O2/c21-15(13-8-9-17-20-13)19-14(16(22)18-12-6-7-12)10-11-4-2-1-3-5-11/h1-5,8-9,12,14H,6-7,10H2,(H,17,20)(H,18,22)(H,19,21)/t14-/m0/s1. The lowest BCUT2D eigenvalue weighted by atomic mass is 10.0. The number of nitrogens with zero attached hydrogens (tertiary/aromatic N) is 1. The van der Waals surface area contributed by atoms with Crippen LogP contribution in [-0.4, -0.2) is 34.1 Å². The first-order valence-corrected chi connectivity index (χ1v) is 7.37. The number of H-pyrrole nitrogens is 1. The number of hydrogen-bond acceptors (Lipinski definition) is 3. The average molecular weight is 298 g/mol. The lowest BCUT2D eigenvalue weighted by Gasteiger charge is -2.18. The zero-order valence-corrected chi connectivity index (χ0v) is 12.1. The van der Waals surface area contributed by atoms with Crippen LogP contribution in [-0.2, 0) is 11.2 Å². The number of carbonyl (C=O) groups is 2. The van der Waals surface area contributed by atoms with Crippen molar-refractivity contribution >= 4 is 11.8 Å². The molecule has 2 amide bonds. The molecule has 0 saturated heterocycles. The molecule has 0 spiro atoms. The van der Waals surface area contributed by atoms with Crippen LogP contribution >= 0.6 is 0 Å². The van der Waals surface area contributed by atoms with Gasteiger partial charge in [-0.3, -0.25) is 14.7 Å². The van der Waals surface area contributed by atoms with Gasteiger partial charge < -0.3 is 10.6 Å². The zero-order valence-electron chi connectivity index (χ0n) is 12.1. The van der Waals surface area contributed by atoms with Gasteiger partial charge in [0.2, 0.25) is 5.91 Å². The van der Waals surface area contributed by atoms with Crippen LogP contribution in [0.3, 0.4) is 0 Å². The topological polar surface area (TPSA) is 86.9 Å². The van der Waals surface area contributed by atoms with Gasteiger partial charge in [-0.15, -0.1) is 0 Å². The first-order valence-electron chi connectivity index (χ1n) is 7.37. The third kappa shape index (κ3) is 3.72. The highest BCUT2D eigenvalue weighted by molar-refractivity contribution is 5.96. The second-order valence-electron chi connectivity index (χ2n) is 5.47. The number of carbonyl (C=O) groups excluding carboxylic acids is 2. The van der Waals surface area contributed by atoms with Crippen molar-refractivity contribution < 1.29 is 9.59 Å². The van der Waals surface area contributed by atoms with Gasteiger partial charge in [0.25, 0.3) is 5.91 Å². The molecule has 0 aliphatic heterocycles. The Morgan fingerprint density at radius 2 is 2.00 bits per heavy atom. The zero-order chi connectivity index (χ0) is 15.4. The molecule has 3 rings (SSSR count). The number of nitrogens with one attached hydrogen (secondary N) is 3. The average Bonchev–Trinajstić information content (AvgIpc) is 3.17. The largest absolute Gasteiger partial charge is 0.352 e. The Balaban J connectivity index is 1.70. The van der Waals surface area contributed by atoms with Gasteiger partial charge in [0.1, 0.15) is 11.7 Å². The van der Waals surface area contributed by atoms with Crippen molar-refractivity contribution in [2.24, 2.45) is 0 Å². The van der Waals surface area contributed by atoms with Crippen LogP contribution in [0.4, 0.5) is 0 Å². The number of benzene rings is 1. The minimum absolute atomic E-state index is 0.140. The minimum Gasteiger partial charge on any atom is -0.352 e. The molecule has 2 aromatic rings. The predicted molar refractivity (Wildman–Crippen MR) is 81.2 cm³/mol. The van der Waals surface area contributed by atoms with Crippen LogP contribution in [0.1, 0.15) is 28.9 Å². The molecular weight excluding hydrogens is 280 g/mol. The molecule has 0 unspecified atom stereocenters. The SMILES string of the molecule is O=C(N[C@@H](Cc1ccccc1)C(=O)NC1CC1)c1ccn[nH]1. The molecule has 1 atom stereocenters. The molecule has 1 aliphatic carbocycles. The number of rotatable bonds is 6. The normalized spacial score (nSPS) is 15.1. The summed E-state index contributed by atoms with van der Waals surface area (Å²) < 4.78 is 0. The lowest BCUT2D eigenvalue weighted by Crippen LogP contribution is -2.48. The third-order valence-corrected chi connectivity index (χ3v) is 3.57. The Morgan fingerprint density at radius 1 is 1.23 bits per heavy atom. The Labute approximate surface area is 128 Å². The molecule has 1 fully saturated rings. The highest BCUT2D eigenvalue weighted by Crippen LogP contribution is 2.19. The van der Waals surface area contributed by atoms with Gasteiger partial charge in [0, 0.05) is 18.7 Å². The molecule has 3 N–H and O–H groups in total. The molecule has 1 heterocycles. The van der Waals surface area contributed by atoms with E-state index in [2.05, 4.69) is 20.8 Å². The van der Waals surface area contributed by atoms with Gasteiger partial charge >= 0.3 is 0 Å². The van der Waals surface area contributed by atoms with Gasteiger partial charge in [-0.25, -0.2) is 0 Å². The quantitative estimate of drug-likeness (QED) is 0.744. The van der Waals surface area contributed by atoms with Crippen molar-refractivity contribution in [1.29, 1.82) is 0 Å². The fraction of sp³-hybridized carbons (Fsp3) is 0.312. The van der Waals surface area contributed by atoms with Crippen molar-refractivity contribution in [3.05, 3.63) is 53.9 Å². The van der Waals surface area contributed by atoms with E-state index in [4.69, 9.17) is 0 Å². The van der Waals surface area contributed by atoms with Gasteiger partial charge in [-0.1, -0.05) is 30.3 Å². The van der Waals surface area contributed by atoms with Crippen LogP contribution in [0, 0.1) is 0 Å². The summed E-state index contributed by atoms with van der Waals surface area (Å²) in [4.78, 5) is 24.5. The van der Waals surface area contributed by atoms with E-state index in [0.29, 0.717) is 12.1 Å². The number of aromatic nitrogens is 2. The first kappa shape index (κ1) is 14.3. The Bertz CT molecular complexity index is 635. The van der Waals surface area contributed by atoms with E-state index in [1.54, 1.807) is 6.07 Å². The fourth-order valence-electron chi connectivity index (χ4n) is 2.21. The molecule has 1 saturated carbocycles. The molecule has 1 aromatic carbocycles. The van der Waals surface area contributed by atoms with E-state index in [9.17, 15) is 9.59 Å². The second-order valence-corrected chi connectivity index (χ2v) is 5.47. The molecule has 1 aromatic heterocycles. The van der Waals surface area contributed by atoms with E-state index < -0.39 is 6.04 Å². The molecule has 6 nitrogen and oxygen atoms in total. The Kier molecular flexibility index (Phi) is 4.18. The number of amides is 2. The minimum atomic E-state index is -0.598. The summed E-state index contributed by atoms with van der Waals surface area (Å²) in [5.74, 6) is -0.469. The molecule has 22 heavy (non-hydrogen) atoms. The molecule has 1 aliphatic rings. The molecular formula is C16H18N4O2.